The van der Waals surface area contributed by atoms with E-state index in [-0.39, 0.29) is 6.61 Å². The summed E-state index contributed by atoms with van der Waals surface area (Å²) in [7, 11) is 0. The molecule has 0 aliphatic carbocycles. The van der Waals surface area contributed by atoms with Gasteiger partial charge in [-0.2, -0.15) is 0 Å². The van der Waals surface area contributed by atoms with Crippen molar-refractivity contribution < 1.29 is 5.11 Å². The van der Waals surface area contributed by atoms with E-state index in [9.17, 15) is 0 Å². The summed E-state index contributed by atoms with van der Waals surface area (Å²) in [5.41, 5.74) is 5.19. The van der Waals surface area contributed by atoms with Gasteiger partial charge in [-0.05, 0) is 34.3 Å². The molecule has 4 heteroatoms. The lowest BCUT2D eigenvalue weighted by Gasteiger charge is -2.20. The van der Waals surface area contributed by atoms with E-state index in [0.29, 0.717) is 0 Å². The maximum atomic E-state index is 8.95. The lowest BCUT2D eigenvalue weighted by atomic mass is 10.0. The van der Waals surface area contributed by atoms with Crippen LogP contribution in [0.3, 0.4) is 0 Å². The number of hydrogen-bond acceptors (Lipinski definition) is 3. The van der Waals surface area contributed by atoms with Crippen LogP contribution in [-0.4, -0.2) is 11.7 Å². The van der Waals surface area contributed by atoms with E-state index in [1.807, 2.05) is 18.4 Å². The molecule has 1 aromatic rings. The molecule has 2 nitrogen and oxygen atoms in total. The molecule has 0 unspecified atom stereocenters. The van der Waals surface area contributed by atoms with Gasteiger partial charge in [0.2, 0.25) is 0 Å². The second-order valence-corrected chi connectivity index (χ2v) is 4.44. The van der Waals surface area contributed by atoms with E-state index in [0.717, 1.165) is 9.35 Å². The van der Waals surface area contributed by atoms with Crippen molar-refractivity contribution in [3.8, 4) is 0 Å². The number of nitrogens with two attached hydrogens (primary N) is 1. The van der Waals surface area contributed by atoms with Crippen LogP contribution in [0.15, 0.2) is 15.9 Å². The molecule has 1 heterocycles. The zero-order chi connectivity index (χ0) is 8.48. The fraction of sp³-hybridized carbons (Fsp3) is 0.429. The third kappa shape index (κ3) is 1.82. The zero-order valence-corrected chi connectivity index (χ0v) is 8.58. The lowest BCUT2D eigenvalue weighted by molar-refractivity contribution is 0.212. The number of halogens is 1. The topological polar surface area (TPSA) is 46.2 Å². The van der Waals surface area contributed by atoms with Crippen molar-refractivity contribution in [3.63, 3.8) is 0 Å². The van der Waals surface area contributed by atoms with Crippen LogP contribution < -0.4 is 5.73 Å². The van der Waals surface area contributed by atoms with Gasteiger partial charge in [0.1, 0.15) is 0 Å². The molecule has 62 valence electrons. The first-order valence-corrected chi connectivity index (χ1v) is 4.88. The van der Waals surface area contributed by atoms with Gasteiger partial charge in [0.15, 0.2) is 0 Å². The van der Waals surface area contributed by atoms with Gasteiger partial charge in [-0.3, -0.25) is 0 Å². The van der Waals surface area contributed by atoms with Gasteiger partial charge < -0.3 is 10.8 Å². The number of aliphatic hydroxyl groups is 1. The number of aliphatic hydroxyl groups excluding tert-OH is 1. The summed E-state index contributed by atoms with van der Waals surface area (Å²) in [5.74, 6) is 0. The highest BCUT2D eigenvalue weighted by Gasteiger charge is 2.23. The average molecular weight is 236 g/mol. The standard InChI is InChI=1S/C7H10BrNOS/c1-7(9,4-10)6-5(8)2-3-11-6/h2-3,10H,4,9H2,1H3/t7-/m0/s1. The minimum atomic E-state index is -0.618. The Hall–Kier alpha value is 0.100. The van der Waals surface area contributed by atoms with E-state index in [2.05, 4.69) is 15.9 Å². The molecule has 1 rings (SSSR count). The van der Waals surface area contributed by atoms with Gasteiger partial charge in [-0.1, -0.05) is 0 Å². The van der Waals surface area contributed by atoms with Crippen molar-refractivity contribution >= 4 is 27.3 Å². The summed E-state index contributed by atoms with van der Waals surface area (Å²) in [6.07, 6.45) is 0. The molecule has 0 saturated carbocycles. The molecule has 1 atom stereocenters. The van der Waals surface area contributed by atoms with E-state index in [4.69, 9.17) is 10.8 Å². The van der Waals surface area contributed by atoms with Crippen LogP contribution in [0.2, 0.25) is 0 Å². The molecular weight excluding hydrogens is 226 g/mol. The lowest BCUT2D eigenvalue weighted by Crippen LogP contribution is -2.36. The van der Waals surface area contributed by atoms with Crippen molar-refractivity contribution in [3.05, 3.63) is 20.8 Å². The largest absolute Gasteiger partial charge is 0.394 e. The first-order chi connectivity index (χ1) is 5.08. The van der Waals surface area contributed by atoms with E-state index in [1.165, 1.54) is 0 Å². The quantitative estimate of drug-likeness (QED) is 0.820. The molecule has 0 amide bonds. The second kappa shape index (κ2) is 3.23. The van der Waals surface area contributed by atoms with E-state index >= 15 is 0 Å². The summed E-state index contributed by atoms with van der Waals surface area (Å²) in [6.45, 7) is 1.77. The summed E-state index contributed by atoms with van der Waals surface area (Å²) < 4.78 is 0.974. The van der Waals surface area contributed by atoms with Gasteiger partial charge in [-0.25, -0.2) is 0 Å². The monoisotopic (exact) mass is 235 g/mol. The Balaban J connectivity index is 3.00. The molecule has 0 fully saturated rings. The molecule has 0 radical (unpaired) electrons. The second-order valence-electron chi connectivity index (χ2n) is 2.67. The van der Waals surface area contributed by atoms with Crippen LogP contribution in [0.1, 0.15) is 11.8 Å². The van der Waals surface area contributed by atoms with Crippen LogP contribution in [-0.2, 0) is 5.54 Å². The Morgan fingerprint density at radius 1 is 1.82 bits per heavy atom. The van der Waals surface area contributed by atoms with Crippen molar-refractivity contribution in [2.24, 2.45) is 5.73 Å². The molecule has 0 saturated heterocycles. The van der Waals surface area contributed by atoms with Gasteiger partial charge in [-0.15, -0.1) is 11.3 Å². The van der Waals surface area contributed by atoms with Crippen molar-refractivity contribution in [1.82, 2.24) is 0 Å². The van der Waals surface area contributed by atoms with Gasteiger partial charge in [0.25, 0.3) is 0 Å². The van der Waals surface area contributed by atoms with E-state index in [1.54, 1.807) is 11.3 Å². The first-order valence-electron chi connectivity index (χ1n) is 3.21. The van der Waals surface area contributed by atoms with Crippen LogP contribution in [0.25, 0.3) is 0 Å². The molecule has 0 aliphatic rings. The molecule has 0 bridgehead atoms. The van der Waals surface area contributed by atoms with Crippen LogP contribution in [0, 0.1) is 0 Å². The van der Waals surface area contributed by atoms with Gasteiger partial charge in [0, 0.05) is 9.35 Å². The molecule has 11 heavy (non-hydrogen) atoms. The van der Waals surface area contributed by atoms with Crippen LogP contribution in [0.4, 0.5) is 0 Å². The molecule has 0 aliphatic heterocycles. The normalized spacial score (nSPS) is 16.4. The smallest absolute Gasteiger partial charge is 0.0720 e. The molecule has 1 aromatic heterocycles. The third-order valence-corrected chi connectivity index (χ3v) is 3.58. The Morgan fingerprint density at radius 2 is 2.45 bits per heavy atom. The maximum Gasteiger partial charge on any atom is 0.0720 e. The molecule has 0 aromatic carbocycles. The molecule has 3 N–H and O–H groups in total. The Morgan fingerprint density at radius 3 is 2.82 bits per heavy atom. The number of hydrogen-bond donors (Lipinski definition) is 2. The summed E-state index contributed by atoms with van der Waals surface area (Å²) in [6, 6.07) is 1.93. The number of rotatable bonds is 2. The summed E-state index contributed by atoms with van der Waals surface area (Å²) in [4.78, 5) is 0.986. The molecule has 0 spiro atoms. The Kier molecular flexibility index (Phi) is 2.70. The molecular formula is C7H10BrNOS. The minimum Gasteiger partial charge on any atom is -0.394 e. The predicted molar refractivity (Wildman–Crippen MR) is 50.6 cm³/mol. The maximum absolute atomic E-state index is 8.95. The fourth-order valence-corrected chi connectivity index (χ4v) is 2.67. The average Bonchev–Trinajstić information content (AvgIpc) is 2.36. The summed E-state index contributed by atoms with van der Waals surface area (Å²) >= 11 is 4.91. The number of thiophene rings is 1. The Bertz CT molecular complexity index is 246. The van der Waals surface area contributed by atoms with E-state index < -0.39 is 5.54 Å². The summed E-state index contributed by atoms with van der Waals surface area (Å²) in [5, 5.41) is 10.9. The third-order valence-electron chi connectivity index (χ3n) is 1.46. The van der Waals surface area contributed by atoms with Crippen molar-refractivity contribution in [1.29, 1.82) is 0 Å². The SMILES string of the molecule is C[C@](N)(CO)c1sccc1Br. The highest BCUT2D eigenvalue weighted by molar-refractivity contribution is 9.10. The first kappa shape index (κ1) is 9.19. The predicted octanol–water partition coefficient (Wildman–Crippen LogP) is 1.68. The zero-order valence-electron chi connectivity index (χ0n) is 6.17. The minimum absolute atomic E-state index is 0.0356. The van der Waals surface area contributed by atoms with Crippen LogP contribution >= 0.6 is 27.3 Å². The van der Waals surface area contributed by atoms with Crippen LogP contribution in [0.5, 0.6) is 0 Å². The fourth-order valence-electron chi connectivity index (χ4n) is 0.773. The highest BCUT2D eigenvalue weighted by Crippen LogP contribution is 2.30. The van der Waals surface area contributed by atoms with Gasteiger partial charge >= 0.3 is 0 Å². The Labute approximate surface area is 78.2 Å². The van der Waals surface area contributed by atoms with Crippen molar-refractivity contribution in [2.75, 3.05) is 6.61 Å². The van der Waals surface area contributed by atoms with Crippen molar-refractivity contribution in [2.45, 2.75) is 12.5 Å². The van der Waals surface area contributed by atoms with Gasteiger partial charge in [0.05, 0.1) is 12.1 Å². The highest BCUT2D eigenvalue weighted by atomic mass is 79.9.